The first-order chi connectivity index (χ1) is 11.5. The third-order valence-corrected chi connectivity index (χ3v) is 3.99. The Kier molecular flexibility index (Phi) is 4.86. The van der Waals surface area contributed by atoms with Crippen molar-refractivity contribution in [2.45, 2.75) is 0 Å². The lowest BCUT2D eigenvalue weighted by Gasteiger charge is -1.95. The van der Waals surface area contributed by atoms with Crippen LogP contribution in [0.1, 0.15) is 0 Å². The van der Waals surface area contributed by atoms with Crippen molar-refractivity contribution in [3.8, 4) is 0 Å². The minimum atomic E-state index is -0.0590. The Balaban J connectivity index is 0.000000141. The number of nitrogens with one attached hydrogen (secondary N) is 2. The number of H-pyrrole nitrogens is 2. The third kappa shape index (κ3) is 3.60. The number of nitrogens with zero attached hydrogens (tertiary/aromatic N) is 2. The molecule has 0 radical (unpaired) electrons. The fourth-order valence-corrected chi connectivity index (χ4v) is 2.73. The molecule has 4 aromatic heterocycles. The number of halogens is 2. The Morgan fingerprint density at radius 1 is 0.750 bits per heavy atom. The first kappa shape index (κ1) is 16.5. The number of pyridine rings is 4. The highest BCUT2D eigenvalue weighted by atomic mass is 79.9. The van der Waals surface area contributed by atoms with Crippen LogP contribution in [0, 0.1) is 0 Å². The second-order valence-electron chi connectivity index (χ2n) is 4.78. The highest BCUT2D eigenvalue weighted by molar-refractivity contribution is 9.10. The summed E-state index contributed by atoms with van der Waals surface area (Å²) in [6.07, 6.45) is 6.44. The summed E-state index contributed by atoms with van der Waals surface area (Å²) < 4.78 is 1.72. The standard InChI is InChI=1S/2C8H5BrN2O/c2*9-5-3-6-8(11-4-5)7(12)1-2-10-6/h2*1-4H,(H,10,12). The van der Waals surface area contributed by atoms with Crippen molar-refractivity contribution in [2.75, 3.05) is 0 Å². The normalized spacial score (nSPS) is 10.4. The number of aromatic amines is 2. The predicted molar refractivity (Wildman–Crippen MR) is 100 cm³/mol. The summed E-state index contributed by atoms with van der Waals surface area (Å²) in [6.45, 7) is 0. The summed E-state index contributed by atoms with van der Waals surface area (Å²) in [5.41, 5.74) is 2.32. The zero-order valence-corrected chi connectivity index (χ0v) is 15.3. The van der Waals surface area contributed by atoms with Crippen molar-refractivity contribution < 1.29 is 0 Å². The molecule has 24 heavy (non-hydrogen) atoms. The van der Waals surface area contributed by atoms with Gasteiger partial charge in [0.2, 0.25) is 10.9 Å². The maximum Gasteiger partial charge on any atom is 0.207 e. The molecule has 120 valence electrons. The molecule has 0 aliphatic rings. The molecule has 0 unspecified atom stereocenters. The second kappa shape index (κ2) is 7.06. The molecule has 2 N–H and O–H groups in total. The van der Waals surface area contributed by atoms with E-state index in [-0.39, 0.29) is 10.9 Å². The van der Waals surface area contributed by atoms with E-state index >= 15 is 0 Å². The zero-order chi connectivity index (χ0) is 17.1. The first-order valence-corrected chi connectivity index (χ1v) is 8.39. The monoisotopic (exact) mass is 448 g/mol. The fourth-order valence-electron chi connectivity index (χ4n) is 2.06. The molecule has 8 heteroatoms. The molecule has 0 bridgehead atoms. The van der Waals surface area contributed by atoms with Gasteiger partial charge >= 0.3 is 0 Å². The van der Waals surface area contributed by atoms with Crippen LogP contribution in [0.25, 0.3) is 22.1 Å². The van der Waals surface area contributed by atoms with Gasteiger partial charge in [0.15, 0.2) is 0 Å². The number of hydrogen-bond acceptors (Lipinski definition) is 4. The van der Waals surface area contributed by atoms with Crippen molar-refractivity contribution in [1.82, 2.24) is 19.9 Å². The van der Waals surface area contributed by atoms with Crippen LogP contribution in [0.3, 0.4) is 0 Å². The molecule has 4 aromatic rings. The highest BCUT2D eigenvalue weighted by Crippen LogP contribution is 2.12. The quantitative estimate of drug-likeness (QED) is 0.430. The summed E-state index contributed by atoms with van der Waals surface area (Å²) in [5.74, 6) is 0. The van der Waals surface area contributed by atoms with Crippen LogP contribution in [0.4, 0.5) is 0 Å². The summed E-state index contributed by atoms with van der Waals surface area (Å²) in [4.78, 5) is 36.2. The Bertz CT molecular complexity index is 1050. The molecule has 0 aliphatic heterocycles. The minimum absolute atomic E-state index is 0.0590. The van der Waals surface area contributed by atoms with Gasteiger partial charge in [-0.15, -0.1) is 0 Å². The molecule has 0 aliphatic carbocycles. The van der Waals surface area contributed by atoms with Crippen LogP contribution in [-0.4, -0.2) is 19.9 Å². The van der Waals surface area contributed by atoms with E-state index in [9.17, 15) is 9.59 Å². The van der Waals surface area contributed by atoms with Gasteiger partial charge in [0, 0.05) is 45.9 Å². The Morgan fingerprint density at radius 2 is 1.17 bits per heavy atom. The van der Waals surface area contributed by atoms with Gasteiger partial charge < -0.3 is 9.97 Å². The smallest absolute Gasteiger partial charge is 0.207 e. The molecule has 0 amide bonds. The van der Waals surface area contributed by atoms with Crippen LogP contribution >= 0.6 is 31.9 Å². The second-order valence-corrected chi connectivity index (χ2v) is 6.61. The molecule has 0 fully saturated rings. The van der Waals surface area contributed by atoms with Gasteiger partial charge in [-0.1, -0.05) is 0 Å². The van der Waals surface area contributed by atoms with Crippen molar-refractivity contribution >= 4 is 53.9 Å². The van der Waals surface area contributed by atoms with Gasteiger partial charge in [-0.25, -0.2) is 9.97 Å². The van der Waals surface area contributed by atoms with Gasteiger partial charge in [0.25, 0.3) is 0 Å². The Hall–Kier alpha value is -2.32. The predicted octanol–water partition coefficient (Wildman–Crippen LogP) is 3.37. The van der Waals surface area contributed by atoms with Gasteiger partial charge in [0.1, 0.15) is 11.0 Å². The number of aromatic nitrogens is 4. The lowest BCUT2D eigenvalue weighted by atomic mass is 10.3. The summed E-state index contributed by atoms with van der Waals surface area (Å²) in [5, 5.41) is 0. The van der Waals surface area contributed by atoms with E-state index in [4.69, 9.17) is 0 Å². The van der Waals surface area contributed by atoms with Gasteiger partial charge in [0.05, 0.1) is 11.0 Å². The van der Waals surface area contributed by atoms with E-state index in [1.807, 2.05) is 12.1 Å². The van der Waals surface area contributed by atoms with Crippen molar-refractivity contribution in [2.24, 2.45) is 0 Å². The molecule has 0 spiro atoms. The van der Waals surface area contributed by atoms with E-state index in [0.29, 0.717) is 11.0 Å². The third-order valence-electron chi connectivity index (χ3n) is 3.12. The minimum Gasteiger partial charge on any atom is -0.360 e. The van der Waals surface area contributed by atoms with Crippen LogP contribution in [0.2, 0.25) is 0 Å². The Labute approximate surface area is 152 Å². The lowest BCUT2D eigenvalue weighted by Crippen LogP contribution is -2.01. The maximum atomic E-state index is 11.2. The van der Waals surface area contributed by atoms with Crippen LogP contribution < -0.4 is 10.9 Å². The summed E-state index contributed by atoms with van der Waals surface area (Å²) in [7, 11) is 0. The molecule has 4 heterocycles. The van der Waals surface area contributed by atoms with E-state index in [2.05, 4.69) is 51.8 Å². The van der Waals surface area contributed by atoms with E-state index < -0.39 is 0 Å². The lowest BCUT2D eigenvalue weighted by molar-refractivity contribution is 1.30. The zero-order valence-electron chi connectivity index (χ0n) is 12.1. The summed E-state index contributed by atoms with van der Waals surface area (Å²) in [6, 6.07) is 6.57. The van der Waals surface area contributed by atoms with Crippen molar-refractivity contribution in [1.29, 1.82) is 0 Å². The van der Waals surface area contributed by atoms with E-state index in [0.717, 1.165) is 20.0 Å². The molecular formula is C16H10Br2N4O2. The molecule has 6 nitrogen and oxygen atoms in total. The van der Waals surface area contributed by atoms with Gasteiger partial charge in [-0.2, -0.15) is 0 Å². The SMILES string of the molecule is O=c1cc[nH]c2cc(Br)cnc12.O=c1cc[nH]c2cc(Br)cnc12. The first-order valence-electron chi connectivity index (χ1n) is 6.80. The number of rotatable bonds is 0. The molecule has 0 atom stereocenters. The van der Waals surface area contributed by atoms with Crippen LogP contribution in [0.15, 0.2) is 67.6 Å². The Morgan fingerprint density at radius 3 is 1.58 bits per heavy atom. The molecule has 4 rings (SSSR count). The summed E-state index contributed by atoms with van der Waals surface area (Å²) >= 11 is 6.54. The number of fused-ring (bicyclic) bond motifs is 2. The number of hydrogen-bond donors (Lipinski definition) is 2. The van der Waals surface area contributed by atoms with Gasteiger partial charge in [-0.05, 0) is 44.0 Å². The fraction of sp³-hybridized carbons (Fsp3) is 0. The largest absolute Gasteiger partial charge is 0.360 e. The van der Waals surface area contributed by atoms with Crippen LogP contribution in [0.5, 0.6) is 0 Å². The van der Waals surface area contributed by atoms with Gasteiger partial charge in [-0.3, -0.25) is 9.59 Å². The van der Waals surface area contributed by atoms with E-state index in [1.54, 1.807) is 24.8 Å². The topological polar surface area (TPSA) is 91.5 Å². The maximum absolute atomic E-state index is 11.2. The average Bonchev–Trinajstić information content (AvgIpc) is 2.55. The average molecular weight is 450 g/mol. The van der Waals surface area contributed by atoms with Crippen molar-refractivity contribution in [3.05, 3.63) is 78.4 Å². The van der Waals surface area contributed by atoms with Crippen molar-refractivity contribution in [3.63, 3.8) is 0 Å². The molecule has 0 saturated carbocycles. The molecule has 0 saturated heterocycles. The van der Waals surface area contributed by atoms with Crippen LogP contribution in [-0.2, 0) is 0 Å². The molecular weight excluding hydrogens is 440 g/mol. The van der Waals surface area contributed by atoms with E-state index in [1.165, 1.54) is 12.1 Å². The highest BCUT2D eigenvalue weighted by Gasteiger charge is 1.99. The molecule has 0 aromatic carbocycles.